The molecule has 0 saturated heterocycles. The van der Waals surface area contributed by atoms with Crippen LogP contribution in [0.15, 0.2) is 24.3 Å². The fourth-order valence-corrected chi connectivity index (χ4v) is 11.0. The number of unbranched alkanes of at least 4 members (excludes halogenated alkanes) is 55. The summed E-state index contributed by atoms with van der Waals surface area (Å²) in [5, 5.41) is 23.3. The number of amides is 1. The molecule has 3 N–H and O–H groups in total. The van der Waals surface area contributed by atoms with Crippen molar-refractivity contribution in [2.75, 3.05) is 6.61 Å². The van der Waals surface area contributed by atoms with Crippen molar-refractivity contribution in [3.05, 3.63) is 24.3 Å². The van der Waals surface area contributed by atoms with E-state index in [9.17, 15) is 15.0 Å². The summed E-state index contributed by atoms with van der Waals surface area (Å²) in [6.45, 7) is 4.35. The van der Waals surface area contributed by atoms with Crippen LogP contribution in [0.1, 0.15) is 393 Å². The zero-order valence-electron chi connectivity index (χ0n) is 50.2. The second kappa shape index (κ2) is 65.2. The van der Waals surface area contributed by atoms with Crippen molar-refractivity contribution < 1.29 is 15.0 Å². The molecule has 434 valence electrons. The zero-order valence-corrected chi connectivity index (χ0v) is 50.2. The van der Waals surface area contributed by atoms with Gasteiger partial charge < -0.3 is 15.5 Å². The first-order chi connectivity index (χ1) is 36.2. The average Bonchev–Trinajstić information content (AvgIpc) is 3.40. The third kappa shape index (κ3) is 61.6. The van der Waals surface area contributed by atoms with Gasteiger partial charge >= 0.3 is 0 Å². The van der Waals surface area contributed by atoms with Gasteiger partial charge in [-0.2, -0.15) is 0 Å². The fraction of sp³-hybridized carbons (Fsp3) is 0.928. The highest BCUT2D eigenvalue weighted by molar-refractivity contribution is 5.76. The molecule has 0 saturated carbocycles. The number of hydrogen-bond acceptors (Lipinski definition) is 3. The number of carbonyl (C=O) groups is 1. The maximum Gasteiger partial charge on any atom is 0.220 e. The van der Waals surface area contributed by atoms with Crippen LogP contribution >= 0.6 is 0 Å². The lowest BCUT2D eigenvalue weighted by atomic mass is 10.0. The monoisotopic (exact) mass is 1030 g/mol. The number of aliphatic hydroxyl groups excluding tert-OH is 2. The summed E-state index contributed by atoms with van der Waals surface area (Å²) in [5.74, 6) is -0.0643. The quantitative estimate of drug-likeness (QED) is 0.0420. The third-order valence-electron chi connectivity index (χ3n) is 16.2. The largest absolute Gasteiger partial charge is 0.394 e. The van der Waals surface area contributed by atoms with Crippen LogP contribution in [0.2, 0.25) is 0 Å². The standard InChI is InChI=1S/C69H135NO3/c1-3-5-7-9-11-13-15-17-19-21-23-25-27-29-31-33-34-35-37-39-41-43-45-47-49-51-53-55-57-59-61-63-65-69(73)70-67(66-71)68(72)64-62-60-58-56-54-52-50-48-46-44-42-40-38-36-32-30-28-26-24-22-20-18-16-14-12-10-8-6-4-2/h54,56,62,64,67-68,71-72H,3-53,55,57-61,63,65-66H2,1-2H3,(H,70,73)/b56-54+,64-62+. The summed E-state index contributed by atoms with van der Waals surface area (Å²) in [6, 6.07) is -0.638. The Labute approximate surface area is 459 Å². The smallest absolute Gasteiger partial charge is 0.220 e. The Morgan fingerprint density at radius 1 is 0.315 bits per heavy atom. The summed E-state index contributed by atoms with van der Waals surface area (Å²) in [4.78, 5) is 12.5. The normalized spacial score (nSPS) is 12.8. The van der Waals surface area contributed by atoms with E-state index in [2.05, 4.69) is 31.3 Å². The average molecular weight is 1030 g/mol. The van der Waals surface area contributed by atoms with Crippen molar-refractivity contribution in [3.8, 4) is 0 Å². The highest BCUT2D eigenvalue weighted by Crippen LogP contribution is 2.19. The van der Waals surface area contributed by atoms with Crippen LogP contribution in [0.25, 0.3) is 0 Å². The van der Waals surface area contributed by atoms with E-state index < -0.39 is 12.1 Å². The van der Waals surface area contributed by atoms with Crippen molar-refractivity contribution in [2.24, 2.45) is 0 Å². The van der Waals surface area contributed by atoms with Crippen molar-refractivity contribution in [3.63, 3.8) is 0 Å². The van der Waals surface area contributed by atoms with E-state index in [0.717, 1.165) is 32.1 Å². The van der Waals surface area contributed by atoms with Crippen molar-refractivity contribution in [1.82, 2.24) is 5.32 Å². The Balaban J connectivity index is 3.43. The number of carbonyl (C=O) groups excluding carboxylic acids is 1. The molecule has 4 heteroatoms. The van der Waals surface area contributed by atoms with E-state index in [-0.39, 0.29) is 12.5 Å². The van der Waals surface area contributed by atoms with Gasteiger partial charge in [-0.05, 0) is 32.1 Å². The molecular weight excluding hydrogens is 891 g/mol. The van der Waals surface area contributed by atoms with Crippen molar-refractivity contribution >= 4 is 5.91 Å². The van der Waals surface area contributed by atoms with Crippen LogP contribution in [-0.2, 0) is 4.79 Å². The molecule has 0 aromatic heterocycles. The Kier molecular flexibility index (Phi) is 64.1. The van der Waals surface area contributed by atoms with E-state index in [1.54, 1.807) is 6.08 Å². The molecule has 0 aliphatic heterocycles. The molecule has 0 aliphatic rings. The number of aliphatic hydroxyl groups is 2. The van der Waals surface area contributed by atoms with Gasteiger partial charge in [0.1, 0.15) is 0 Å². The summed E-state index contributed by atoms with van der Waals surface area (Å²) in [6.07, 6.45) is 88.4. The maximum absolute atomic E-state index is 12.5. The van der Waals surface area contributed by atoms with Gasteiger partial charge in [0.2, 0.25) is 5.91 Å². The summed E-state index contributed by atoms with van der Waals surface area (Å²) >= 11 is 0. The molecule has 0 fully saturated rings. The predicted octanol–water partition coefficient (Wildman–Crippen LogP) is 23.0. The van der Waals surface area contributed by atoms with Crippen LogP contribution in [0, 0.1) is 0 Å². The van der Waals surface area contributed by atoms with Crippen LogP contribution in [0.3, 0.4) is 0 Å². The van der Waals surface area contributed by atoms with Crippen molar-refractivity contribution in [2.45, 2.75) is 405 Å². The molecular formula is C69H135NO3. The second-order valence-electron chi connectivity index (χ2n) is 23.6. The lowest BCUT2D eigenvalue weighted by Crippen LogP contribution is -2.45. The topological polar surface area (TPSA) is 69.6 Å². The molecule has 2 unspecified atom stereocenters. The first-order valence-electron chi connectivity index (χ1n) is 34.1. The number of rotatable bonds is 64. The number of allylic oxidation sites excluding steroid dienone is 3. The number of nitrogens with one attached hydrogen (secondary N) is 1. The van der Waals surface area contributed by atoms with E-state index in [1.807, 2.05) is 6.08 Å². The summed E-state index contributed by atoms with van der Waals surface area (Å²) in [5.41, 5.74) is 0. The van der Waals surface area contributed by atoms with Crippen LogP contribution < -0.4 is 5.32 Å². The Morgan fingerprint density at radius 3 is 0.795 bits per heavy atom. The number of hydrogen-bond donors (Lipinski definition) is 3. The Morgan fingerprint density at radius 2 is 0.534 bits per heavy atom. The summed E-state index contributed by atoms with van der Waals surface area (Å²) < 4.78 is 0. The fourth-order valence-electron chi connectivity index (χ4n) is 11.0. The molecule has 0 heterocycles. The van der Waals surface area contributed by atoms with Gasteiger partial charge in [0.05, 0.1) is 18.8 Å². The molecule has 73 heavy (non-hydrogen) atoms. The SMILES string of the molecule is CCCCCCCCCCCCCCCCCCCCCCCCC/C=C/CC/C=C/C(O)C(CO)NC(=O)CCCCCCCCCCCCCCCCCCCCCCCCCCCCCCCCCC. The molecule has 0 aliphatic carbocycles. The van der Waals surface area contributed by atoms with Gasteiger partial charge in [0.15, 0.2) is 0 Å². The van der Waals surface area contributed by atoms with Crippen LogP contribution in [-0.4, -0.2) is 34.9 Å². The zero-order chi connectivity index (χ0) is 52.7. The van der Waals surface area contributed by atoms with Crippen molar-refractivity contribution in [1.29, 1.82) is 0 Å². The van der Waals surface area contributed by atoms with Gasteiger partial charge in [0, 0.05) is 6.42 Å². The van der Waals surface area contributed by atoms with Gasteiger partial charge in [-0.15, -0.1) is 0 Å². The van der Waals surface area contributed by atoms with Crippen LogP contribution in [0.5, 0.6) is 0 Å². The minimum Gasteiger partial charge on any atom is -0.394 e. The summed E-state index contributed by atoms with van der Waals surface area (Å²) in [7, 11) is 0. The predicted molar refractivity (Wildman–Crippen MR) is 327 cm³/mol. The molecule has 0 aromatic carbocycles. The molecule has 0 radical (unpaired) electrons. The molecule has 2 atom stereocenters. The van der Waals surface area contributed by atoms with Gasteiger partial charge in [-0.3, -0.25) is 4.79 Å². The second-order valence-corrected chi connectivity index (χ2v) is 23.6. The van der Waals surface area contributed by atoms with Gasteiger partial charge in [-0.25, -0.2) is 0 Å². The first-order valence-corrected chi connectivity index (χ1v) is 34.1. The van der Waals surface area contributed by atoms with Gasteiger partial charge in [-0.1, -0.05) is 378 Å². The minimum absolute atomic E-state index is 0.0643. The molecule has 1 amide bonds. The first kappa shape index (κ1) is 71.9. The highest BCUT2D eigenvalue weighted by Gasteiger charge is 2.18. The van der Waals surface area contributed by atoms with E-state index in [1.165, 1.54) is 340 Å². The highest BCUT2D eigenvalue weighted by atomic mass is 16.3. The maximum atomic E-state index is 12.5. The lowest BCUT2D eigenvalue weighted by Gasteiger charge is -2.19. The van der Waals surface area contributed by atoms with E-state index in [0.29, 0.717) is 6.42 Å². The van der Waals surface area contributed by atoms with E-state index >= 15 is 0 Å². The van der Waals surface area contributed by atoms with Gasteiger partial charge in [0.25, 0.3) is 0 Å². The molecule has 0 rings (SSSR count). The Hall–Kier alpha value is -1.13. The third-order valence-corrected chi connectivity index (χ3v) is 16.2. The lowest BCUT2D eigenvalue weighted by molar-refractivity contribution is -0.123. The molecule has 0 aromatic rings. The Bertz CT molecular complexity index is 1070. The molecule has 0 spiro atoms. The molecule has 0 bridgehead atoms. The van der Waals surface area contributed by atoms with Crippen LogP contribution in [0.4, 0.5) is 0 Å². The van der Waals surface area contributed by atoms with E-state index in [4.69, 9.17) is 0 Å². The molecule has 4 nitrogen and oxygen atoms in total. The minimum atomic E-state index is -0.861.